The molecule has 0 aliphatic rings. The van der Waals surface area contributed by atoms with Gasteiger partial charge < -0.3 is 24.7 Å². The van der Waals surface area contributed by atoms with Crippen LogP contribution in [-0.4, -0.2) is 42.1 Å². The first-order valence-electron chi connectivity index (χ1n) is 12.9. The molecule has 9 heteroatoms. The predicted octanol–water partition coefficient (Wildman–Crippen LogP) is 4.37. The van der Waals surface area contributed by atoms with Crippen LogP contribution in [0.5, 0.6) is 11.5 Å². The number of carbonyl (C=O) groups is 4. The summed E-state index contributed by atoms with van der Waals surface area (Å²) in [7, 11) is 0. The molecular weight excluding hydrogens is 478 g/mol. The largest absolute Gasteiger partial charge is 0.459 e. The molecule has 0 radical (unpaired) electrons. The average Bonchev–Trinajstić information content (AvgIpc) is 2.73. The highest BCUT2D eigenvalue weighted by atomic mass is 16.6. The van der Waals surface area contributed by atoms with Gasteiger partial charge in [0, 0.05) is 19.3 Å². The Morgan fingerprint density at radius 3 is 1.65 bits per heavy atom. The molecule has 1 aromatic rings. The summed E-state index contributed by atoms with van der Waals surface area (Å²) in [4.78, 5) is 49.0. The smallest absolute Gasteiger partial charge is 0.323 e. The maximum absolute atomic E-state index is 12.6. The molecule has 0 fully saturated rings. The third-order valence-corrected chi connectivity index (χ3v) is 5.22. The van der Waals surface area contributed by atoms with E-state index in [0.29, 0.717) is 5.56 Å². The normalized spacial score (nSPS) is 13.7. The minimum absolute atomic E-state index is 0.0832. The second-order valence-corrected chi connectivity index (χ2v) is 10.7. The van der Waals surface area contributed by atoms with E-state index in [1.165, 1.54) is 12.1 Å². The van der Waals surface area contributed by atoms with Crippen molar-refractivity contribution in [3.63, 3.8) is 0 Å². The van der Waals surface area contributed by atoms with Crippen LogP contribution in [0.2, 0.25) is 0 Å². The molecule has 1 aromatic carbocycles. The number of hydrogen-bond donors (Lipinski definition) is 1. The third kappa shape index (κ3) is 12.7. The van der Waals surface area contributed by atoms with Gasteiger partial charge >= 0.3 is 23.9 Å². The number of rotatable bonds is 14. The molecule has 1 unspecified atom stereocenters. The van der Waals surface area contributed by atoms with Gasteiger partial charge in [0.25, 0.3) is 0 Å². The summed E-state index contributed by atoms with van der Waals surface area (Å²) in [6, 6.07) is 3.67. The Balaban J connectivity index is 2.91. The molecular formula is C28H43NO8. The fourth-order valence-electron chi connectivity index (χ4n) is 3.23. The van der Waals surface area contributed by atoms with Crippen molar-refractivity contribution in [3.05, 3.63) is 23.8 Å². The van der Waals surface area contributed by atoms with Crippen molar-refractivity contribution >= 4 is 23.9 Å². The summed E-state index contributed by atoms with van der Waals surface area (Å²) >= 11 is 0. The van der Waals surface area contributed by atoms with Crippen LogP contribution in [-0.2, 0) is 35.1 Å². The fourth-order valence-corrected chi connectivity index (χ4v) is 3.23. The lowest BCUT2D eigenvalue weighted by molar-refractivity contribution is -0.166. The zero-order valence-corrected chi connectivity index (χ0v) is 23.4. The van der Waals surface area contributed by atoms with E-state index in [1.54, 1.807) is 19.9 Å². The van der Waals surface area contributed by atoms with Crippen molar-refractivity contribution in [1.82, 2.24) is 0 Å². The number of nitrogens with two attached hydrogens (primary N) is 1. The van der Waals surface area contributed by atoms with Gasteiger partial charge in [-0.1, -0.05) is 47.6 Å². The first-order valence-corrected chi connectivity index (χ1v) is 12.9. The lowest BCUT2D eigenvalue weighted by atomic mass is 10.1. The highest BCUT2D eigenvalue weighted by molar-refractivity contribution is 5.77. The van der Waals surface area contributed by atoms with Gasteiger partial charge in [-0.15, -0.1) is 0 Å². The van der Waals surface area contributed by atoms with Crippen molar-refractivity contribution in [2.24, 2.45) is 23.5 Å². The number of hydrogen-bond acceptors (Lipinski definition) is 9. The van der Waals surface area contributed by atoms with E-state index in [9.17, 15) is 19.2 Å². The van der Waals surface area contributed by atoms with E-state index >= 15 is 0 Å². The van der Waals surface area contributed by atoms with E-state index in [-0.39, 0.29) is 60.9 Å². The number of esters is 4. The Kier molecular flexibility index (Phi) is 13.3. The summed E-state index contributed by atoms with van der Waals surface area (Å²) in [5, 5.41) is 0. The number of benzene rings is 1. The molecule has 9 nitrogen and oxygen atoms in total. The molecule has 0 amide bonds. The summed E-state index contributed by atoms with van der Waals surface area (Å²) in [5.74, 6) is -1.38. The van der Waals surface area contributed by atoms with Crippen LogP contribution in [0.1, 0.15) is 80.2 Å². The molecule has 2 N–H and O–H groups in total. The van der Waals surface area contributed by atoms with Gasteiger partial charge in [0.15, 0.2) is 11.5 Å². The molecule has 0 saturated heterocycles. The fraction of sp³-hybridized carbons (Fsp3) is 0.643. The molecule has 1 rings (SSSR count). The Hall–Kier alpha value is -2.94. The Morgan fingerprint density at radius 2 is 1.14 bits per heavy atom. The van der Waals surface area contributed by atoms with Crippen molar-refractivity contribution in [2.45, 2.75) is 99.3 Å². The van der Waals surface area contributed by atoms with E-state index in [2.05, 4.69) is 0 Å². The summed E-state index contributed by atoms with van der Waals surface area (Å²) in [6.45, 7) is 14.7. The molecule has 0 aliphatic heterocycles. The maximum atomic E-state index is 12.6. The number of ether oxygens (including phenoxy) is 4. The standard InChI is InChI=1S/C28H43NO8/c1-16(2)11-25(30)34-19(7)20(8)35-28(33)22(29)14-21-9-10-23(36-26(31)12-17(3)4)24(15-21)37-27(32)13-18(5)6/h9-10,15-20,22H,11-14,29H2,1-8H3/t19?,20-,22-/m0/s1. The van der Waals surface area contributed by atoms with Crippen LogP contribution in [0.25, 0.3) is 0 Å². The molecule has 0 aliphatic carbocycles. The minimum atomic E-state index is -1.02. The highest BCUT2D eigenvalue weighted by Gasteiger charge is 2.25. The monoisotopic (exact) mass is 521 g/mol. The SMILES string of the molecule is CC(C)CC(=O)Oc1ccc(C[C@H](N)C(=O)O[C@@H](C)C(C)OC(=O)CC(C)C)cc1OC(=O)CC(C)C. The summed E-state index contributed by atoms with van der Waals surface area (Å²) in [6.07, 6.45) is -0.562. The van der Waals surface area contributed by atoms with Gasteiger partial charge in [-0.3, -0.25) is 19.2 Å². The maximum Gasteiger partial charge on any atom is 0.323 e. The molecule has 0 bridgehead atoms. The minimum Gasteiger partial charge on any atom is -0.459 e. The van der Waals surface area contributed by atoms with Gasteiger partial charge in [-0.2, -0.15) is 0 Å². The lowest BCUT2D eigenvalue weighted by Gasteiger charge is -2.23. The van der Waals surface area contributed by atoms with Gasteiger partial charge in [0.1, 0.15) is 18.2 Å². The lowest BCUT2D eigenvalue weighted by Crippen LogP contribution is -2.39. The molecule has 0 heterocycles. The van der Waals surface area contributed by atoms with Crippen LogP contribution in [0.3, 0.4) is 0 Å². The van der Waals surface area contributed by atoms with Crippen molar-refractivity contribution < 1.29 is 38.1 Å². The summed E-state index contributed by atoms with van der Waals surface area (Å²) in [5.41, 5.74) is 6.67. The van der Waals surface area contributed by atoms with E-state index in [0.717, 1.165) is 0 Å². The van der Waals surface area contributed by atoms with E-state index < -0.39 is 36.2 Å². The topological polar surface area (TPSA) is 131 Å². The zero-order chi connectivity index (χ0) is 28.3. The predicted molar refractivity (Wildman–Crippen MR) is 139 cm³/mol. The Labute approximate surface area is 220 Å². The van der Waals surface area contributed by atoms with Crippen LogP contribution < -0.4 is 15.2 Å². The molecule has 0 saturated carbocycles. The van der Waals surface area contributed by atoms with E-state index in [4.69, 9.17) is 24.7 Å². The molecule has 0 spiro atoms. The van der Waals surface area contributed by atoms with Gasteiger partial charge in [-0.05, 0) is 55.7 Å². The zero-order valence-electron chi connectivity index (χ0n) is 23.4. The van der Waals surface area contributed by atoms with E-state index in [1.807, 2.05) is 41.5 Å². The molecule has 3 atom stereocenters. The summed E-state index contributed by atoms with van der Waals surface area (Å²) < 4.78 is 21.6. The number of carbonyl (C=O) groups excluding carboxylic acids is 4. The molecule has 37 heavy (non-hydrogen) atoms. The molecule has 208 valence electrons. The molecule has 0 aromatic heterocycles. The van der Waals surface area contributed by atoms with Gasteiger partial charge in [0.2, 0.25) is 0 Å². The second-order valence-electron chi connectivity index (χ2n) is 10.7. The van der Waals surface area contributed by atoms with Crippen LogP contribution >= 0.6 is 0 Å². The first-order chi connectivity index (χ1) is 17.2. The second kappa shape index (κ2) is 15.3. The Bertz CT molecular complexity index is 925. The van der Waals surface area contributed by atoms with Crippen molar-refractivity contribution in [2.75, 3.05) is 0 Å². The van der Waals surface area contributed by atoms with Crippen LogP contribution in [0.15, 0.2) is 18.2 Å². The first kappa shape index (κ1) is 32.1. The van der Waals surface area contributed by atoms with Gasteiger partial charge in [0.05, 0.1) is 0 Å². The quantitative estimate of drug-likeness (QED) is 0.280. The Morgan fingerprint density at radius 1 is 0.676 bits per heavy atom. The highest BCUT2D eigenvalue weighted by Crippen LogP contribution is 2.30. The van der Waals surface area contributed by atoms with Crippen LogP contribution in [0, 0.1) is 17.8 Å². The third-order valence-electron chi connectivity index (χ3n) is 5.22. The van der Waals surface area contributed by atoms with Crippen molar-refractivity contribution in [3.8, 4) is 11.5 Å². The average molecular weight is 522 g/mol. The van der Waals surface area contributed by atoms with Gasteiger partial charge in [-0.25, -0.2) is 0 Å². The van der Waals surface area contributed by atoms with Crippen LogP contribution in [0.4, 0.5) is 0 Å². The van der Waals surface area contributed by atoms with Crippen molar-refractivity contribution in [1.29, 1.82) is 0 Å².